The quantitative estimate of drug-likeness (QED) is 0.865. The number of imidazole rings is 1. The van der Waals surface area contributed by atoms with E-state index < -0.39 is 0 Å². The molecule has 1 atom stereocenters. The first kappa shape index (κ1) is 13.2. The maximum atomic E-state index is 6.22. The highest BCUT2D eigenvalue weighted by Crippen LogP contribution is 2.26. The van der Waals surface area contributed by atoms with Crippen LogP contribution in [0.3, 0.4) is 0 Å². The van der Waals surface area contributed by atoms with Crippen LogP contribution in [0.5, 0.6) is 0 Å². The molecule has 0 spiro atoms. The molecule has 1 aromatic heterocycles. The summed E-state index contributed by atoms with van der Waals surface area (Å²) in [4.78, 5) is 5.74. The van der Waals surface area contributed by atoms with E-state index in [9.17, 15) is 0 Å². The zero-order chi connectivity index (χ0) is 13.4. The summed E-state index contributed by atoms with van der Waals surface area (Å²) in [5.74, 6) is 0. The van der Waals surface area contributed by atoms with Gasteiger partial charge in [-0.15, -0.1) is 0 Å². The maximum Gasteiger partial charge on any atom is 0.178 e. The van der Waals surface area contributed by atoms with Crippen LogP contribution in [0.4, 0.5) is 0 Å². The number of nitrogens with one attached hydrogen (secondary N) is 1. The standard InChI is InChI=1S/C14H18ClN3S/c1-10(9-17-7-2-3-8-17)18-12-6-4-5-11(15)13(12)16-14(18)19/h4-6,10H,2-3,7-9H2,1H3,(H,16,19). The number of aromatic amines is 1. The number of nitrogens with zero attached hydrogens (tertiary/aromatic N) is 2. The molecule has 1 aliphatic heterocycles. The molecule has 3 rings (SSSR count). The largest absolute Gasteiger partial charge is 0.329 e. The Bertz CT molecular complexity index is 640. The van der Waals surface area contributed by atoms with Gasteiger partial charge in [0.15, 0.2) is 4.77 Å². The van der Waals surface area contributed by atoms with Crippen molar-refractivity contribution in [3.05, 3.63) is 28.0 Å². The molecule has 0 saturated carbocycles. The van der Waals surface area contributed by atoms with Crippen LogP contribution in [0.2, 0.25) is 5.02 Å². The van der Waals surface area contributed by atoms with Crippen LogP contribution in [0.25, 0.3) is 11.0 Å². The van der Waals surface area contributed by atoms with E-state index in [4.69, 9.17) is 23.8 Å². The predicted molar refractivity (Wildman–Crippen MR) is 82.5 cm³/mol. The first-order valence-corrected chi connectivity index (χ1v) is 7.56. The third-order valence-corrected chi connectivity index (χ3v) is 4.48. The van der Waals surface area contributed by atoms with Gasteiger partial charge in [-0.3, -0.25) is 0 Å². The van der Waals surface area contributed by atoms with E-state index in [1.54, 1.807) is 0 Å². The summed E-state index contributed by atoms with van der Waals surface area (Å²) in [6, 6.07) is 6.31. The van der Waals surface area contributed by atoms with Crippen LogP contribution in [-0.2, 0) is 0 Å². The highest BCUT2D eigenvalue weighted by molar-refractivity contribution is 7.71. The minimum Gasteiger partial charge on any atom is -0.329 e. The summed E-state index contributed by atoms with van der Waals surface area (Å²) >= 11 is 11.7. The van der Waals surface area contributed by atoms with Crippen LogP contribution >= 0.6 is 23.8 Å². The molecule has 102 valence electrons. The molecule has 19 heavy (non-hydrogen) atoms. The van der Waals surface area contributed by atoms with Gasteiger partial charge in [-0.1, -0.05) is 17.7 Å². The molecule has 5 heteroatoms. The molecule has 1 saturated heterocycles. The van der Waals surface area contributed by atoms with Crippen LogP contribution in [0, 0.1) is 4.77 Å². The average molecular weight is 296 g/mol. The molecule has 0 amide bonds. The molecule has 1 unspecified atom stereocenters. The number of hydrogen-bond acceptors (Lipinski definition) is 2. The molecule has 1 aliphatic rings. The van der Waals surface area contributed by atoms with Gasteiger partial charge < -0.3 is 14.5 Å². The van der Waals surface area contributed by atoms with E-state index in [-0.39, 0.29) is 0 Å². The number of hydrogen-bond donors (Lipinski definition) is 1. The van der Waals surface area contributed by atoms with Crippen LogP contribution in [0.15, 0.2) is 18.2 Å². The summed E-state index contributed by atoms with van der Waals surface area (Å²) in [6.07, 6.45) is 2.63. The highest BCUT2D eigenvalue weighted by Gasteiger charge is 2.18. The first-order chi connectivity index (χ1) is 9.16. The number of H-pyrrole nitrogens is 1. The van der Waals surface area contributed by atoms with Gasteiger partial charge >= 0.3 is 0 Å². The molecule has 2 aromatic rings. The third kappa shape index (κ3) is 2.45. The summed E-state index contributed by atoms with van der Waals surface area (Å²) in [6.45, 7) is 5.69. The molecule has 1 fully saturated rings. The van der Waals surface area contributed by atoms with Crippen LogP contribution < -0.4 is 0 Å². The van der Waals surface area contributed by atoms with E-state index in [1.807, 2.05) is 12.1 Å². The van der Waals surface area contributed by atoms with Gasteiger partial charge in [0.25, 0.3) is 0 Å². The van der Waals surface area contributed by atoms with Crippen molar-refractivity contribution in [2.45, 2.75) is 25.8 Å². The number of aromatic nitrogens is 2. The Kier molecular flexibility index (Phi) is 3.65. The van der Waals surface area contributed by atoms with Gasteiger partial charge in [-0.05, 0) is 57.2 Å². The Hall–Kier alpha value is -0.840. The van der Waals surface area contributed by atoms with Gasteiger partial charge in [0.1, 0.15) is 0 Å². The van der Waals surface area contributed by atoms with Crippen molar-refractivity contribution in [1.29, 1.82) is 0 Å². The molecule has 0 aliphatic carbocycles. The Balaban J connectivity index is 1.97. The summed E-state index contributed by atoms with van der Waals surface area (Å²) < 4.78 is 2.95. The summed E-state index contributed by atoms with van der Waals surface area (Å²) in [5, 5.41) is 0.732. The zero-order valence-corrected chi connectivity index (χ0v) is 12.6. The lowest BCUT2D eigenvalue weighted by Gasteiger charge is -2.21. The minimum atomic E-state index is 0.359. The second-order valence-electron chi connectivity index (χ2n) is 5.29. The Labute approximate surface area is 123 Å². The van der Waals surface area contributed by atoms with Crippen molar-refractivity contribution in [2.75, 3.05) is 19.6 Å². The number of para-hydroxylation sites is 1. The van der Waals surface area contributed by atoms with E-state index in [0.29, 0.717) is 6.04 Å². The van der Waals surface area contributed by atoms with Gasteiger partial charge in [0.2, 0.25) is 0 Å². The van der Waals surface area contributed by atoms with Crippen molar-refractivity contribution >= 4 is 34.9 Å². The molecule has 1 aromatic carbocycles. The molecular weight excluding hydrogens is 278 g/mol. The third-order valence-electron chi connectivity index (χ3n) is 3.86. The zero-order valence-electron chi connectivity index (χ0n) is 11.0. The van der Waals surface area contributed by atoms with Crippen LogP contribution in [-0.4, -0.2) is 34.1 Å². The predicted octanol–water partition coefficient (Wildman–Crippen LogP) is 4.01. The maximum absolute atomic E-state index is 6.22. The Morgan fingerprint density at radius 1 is 1.37 bits per heavy atom. The molecular formula is C14H18ClN3S. The van der Waals surface area contributed by atoms with Gasteiger partial charge in [0, 0.05) is 12.6 Å². The normalized spacial score (nSPS) is 18.2. The number of benzene rings is 1. The van der Waals surface area contributed by atoms with Crippen molar-refractivity contribution in [3.8, 4) is 0 Å². The number of fused-ring (bicyclic) bond motifs is 1. The Morgan fingerprint density at radius 2 is 2.11 bits per heavy atom. The Morgan fingerprint density at radius 3 is 2.84 bits per heavy atom. The second-order valence-corrected chi connectivity index (χ2v) is 6.08. The van der Waals surface area contributed by atoms with Gasteiger partial charge in [0.05, 0.1) is 16.1 Å². The minimum absolute atomic E-state index is 0.359. The topological polar surface area (TPSA) is 24.0 Å². The molecule has 0 radical (unpaired) electrons. The van der Waals surface area contributed by atoms with E-state index in [2.05, 4.69) is 27.4 Å². The lowest BCUT2D eigenvalue weighted by Crippen LogP contribution is -2.27. The molecule has 0 bridgehead atoms. The lowest BCUT2D eigenvalue weighted by atomic mass is 10.2. The van der Waals surface area contributed by atoms with E-state index >= 15 is 0 Å². The highest BCUT2D eigenvalue weighted by atomic mass is 35.5. The van der Waals surface area contributed by atoms with Crippen LogP contribution in [0.1, 0.15) is 25.8 Å². The first-order valence-electron chi connectivity index (χ1n) is 6.78. The molecule has 3 nitrogen and oxygen atoms in total. The van der Waals surface area contributed by atoms with E-state index in [0.717, 1.165) is 27.4 Å². The summed E-state index contributed by atoms with van der Waals surface area (Å²) in [5.41, 5.74) is 2.05. The molecule has 1 N–H and O–H groups in total. The number of likely N-dealkylation sites (tertiary alicyclic amines) is 1. The van der Waals surface area contributed by atoms with Gasteiger partial charge in [-0.2, -0.15) is 0 Å². The SMILES string of the molecule is CC(CN1CCCC1)n1c(=S)[nH]c2c(Cl)cccc21. The van der Waals surface area contributed by atoms with Gasteiger partial charge in [-0.25, -0.2) is 0 Å². The fourth-order valence-corrected chi connectivity index (χ4v) is 3.57. The second kappa shape index (κ2) is 5.27. The lowest BCUT2D eigenvalue weighted by molar-refractivity contribution is 0.289. The number of halogens is 1. The van der Waals surface area contributed by atoms with Crippen molar-refractivity contribution in [3.63, 3.8) is 0 Å². The molecule has 2 heterocycles. The van der Waals surface area contributed by atoms with Crippen molar-refractivity contribution < 1.29 is 0 Å². The van der Waals surface area contributed by atoms with Crippen molar-refractivity contribution in [1.82, 2.24) is 14.5 Å². The average Bonchev–Trinajstić information content (AvgIpc) is 2.96. The monoisotopic (exact) mass is 295 g/mol. The van der Waals surface area contributed by atoms with E-state index in [1.165, 1.54) is 25.9 Å². The van der Waals surface area contributed by atoms with Crippen molar-refractivity contribution in [2.24, 2.45) is 0 Å². The fourth-order valence-electron chi connectivity index (χ4n) is 2.97. The fraction of sp³-hybridized carbons (Fsp3) is 0.500. The summed E-state index contributed by atoms with van der Waals surface area (Å²) in [7, 11) is 0. The number of rotatable bonds is 3. The smallest absolute Gasteiger partial charge is 0.178 e.